The van der Waals surface area contributed by atoms with Crippen LogP contribution in [0, 0.1) is 0 Å². The van der Waals surface area contributed by atoms with Crippen LogP contribution in [0.4, 0.5) is 5.13 Å². The van der Waals surface area contributed by atoms with Crippen LogP contribution in [0.2, 0.25) is 8.67 Å². The van der Waals surface area contributed by atoms with Crippen molar-refractivity contribution in [1.29, 1.82) is 0 Å². The van der Waals surface area contributed by atoms with Gasteiger partial charge in [-0.1, -0.05) is 47.5 Å². The number of thiophene rings is 1. The number of benzene rings is 2. The summed E-state index contributed by atoms with van der Waals surface area (Å²) in [4.78, 5) is 17.2. The van der Waals surface area contributed by atoms with Crippen molar-refractivity contribution in [2.75, 3.05) is 11.9 Å². The highest BCUT2D eigenvalue weighted by Gasteiger charge is 2.28. The number of halogens is 2. The fourth-order valence-electron chi connectivity index (χ4n) is 3.74. The first-order valence-electron chi connectivity index (χ1n) is 10.2. The van der Waals surface area contributed by atoms with Crippen LogP contribution in [0.3, 0.4) is 0 Å². The summed E-state index contributed by atoms with van der Waals surface area (Å²) in [5, 5.41) is 4.93. The van der Waals surface area contributed by atoms with Crippen molar-refractivity contribution >= 4 is 66.9 Å². The predicted molar refractivity (Wildman–Crippen MR) is 138 cm³/mol. The molecule has 174 valence electrons. The zero-order chi connectivity index (χ0) is 23.9. The van der Waals surface area contributed by atoms with Gasteiger partial charge in [-0.2, -0.15) is 4.31 Å². The Morgan fingerprint density at radius 2 is 1.79 bits per heavy atom. The molecular formula is C23H17Cl2N3O3S3. The van der Waals surface area contributed by atoms with Gasteiger partial charge in [0.2, 0.25) is 10.0 Å². The van der Waals surface area contributed by atoms with Gasteiger partial charge in [-0.15, -0.1) is 22.7 Å². The van der Waals surface area contributed by atoms with E-state index in [0.717, 1.165) is 5.56 Å². The van der Waals surface area contributed by atoms with E-state index in [9.17, 15) is 13.2 Å². The first kappa shape index (κ1) is 23.5. The number of sulfonamides is 1. The lowest BCUT2D eigenvalue weighted by Crippen LogP contribution is -2.35. The summed E-state index contributed by atoms with van der Waals surface area (Å²) in [6, 6.07) is 15.5. The van der Waals surface area contributed by atoms with Gasteiger partial charge in [-0.3, -0.25) is 10.1 Å². The molecule has 4 aromatic rings. The van der Waals surface area contributed by atoms with E-state index in [1.54, 1.807) is 11.4 Å². The Morgan fingerprint density at radius 1 is 1.06 bits per heavy atom. The molecule has 6 nitrogen and oxygen atoms in total. The second-order valence-electron chi connectivity index (χ2n) is 7.61. The van der Waals surface area contributed by atoms with E-state index in [0.29, 0.717) is 50.1 Å². The van der Waals surface area contributed by atoms with Crippen LogP contribution in [0.25, 0.3) is 11.3 Å². The van der Waals surface area contributed by atoms with Gasteiger partial charge in [0, 0.05) is 29.6 Å². The molecule has 0 unspecified atom stereocenters. The lowest BCUT2D eigenvalue weighted by atomic mass is 10.0. The monoisotopic (exact) mass is 549 g/mol. The molecule has 0 atom stereocenters. The van der Waals surface area contributed by atoms with E-state index in [-0.39, 0.29) is 10.8 Å². The highest BCUT2D eigenvalue weighted by atomic mass is 35.5. The molecule has 0 radical (unpaired) electrons. The lowest BCUT2D eigenvalue weighted by molar-refractivity contribution is 0.102. The maximum atomic E-state index is 13.1. The minimum absolute atomic E-state index is 0.156. The van der Waals surface area contributed by atoms with E-state index in [1.807, 2.05) is 24.3 Å². The molecule has 2 aromatic heterocycles. The number of fused-ring (bicyclic) bond motifs is 1. The van der Waals surface area contributed by atoms with E-state index in [2.05, 4.69) is 10.3 Å². The molecule has 0 aliphatic carbocycles. The number of aromatic nitrogens is 1. The molecule has 3 heterocycles. The predicted octanol–water partition coefficient (Wildman–Crippen LogP) is 6.18. The molecular weight excluding hydrogens is 533 g/mol. The van der Waals surface area contributed by atoms with Crippen molar-refractivity contribution in [3.8, 4) is 11.3 Å². The Kier molecular flexibility index (Phi) is 6.49. The van der Waals surface area contributed by atoms with E-state index < -0.39 is 10.0 Å². The number of rotatable bonds is 5. The van der Waals surface area contributed by atoms with Crippen molar-refractivity contribution in [2.45, 2.75) is 17.9 Å². The van der Waals surface area contributed by atoms with Gasteiger partial charge in [0.1, 0.15) is 4.34 Å². The quantitative estimate of drug-likeness (QED) is 0.322. The Balaban J connectivity index is 1.29. The van der Waals surface area contributed by atoms with E-state index in [4.69, 9.17) is 23.2 Å². The van der Waals surface area contributed by atoms with Crippen LogP contribution in [0.1, 0.15) is 21.5 Å². The van der Waals surface area contributed by atoms with Crippen LogP contribution in [0.5, 0.6) is 0 Å². The third-order valence-electron chi connectivity index (χ3n) is 5.51. The Hall–Kier alpha value is -2.27. The fourth-order valence-corrected chi connectivity index (χ4v) is 7.35. The van der Waals surface area contributed by atoms with Crippen molar-refractivity contribution in [3.05, 3.63) is 85.3 Å². The van der Waals surface area contributed by atoms with Crippen LogP contribution < -0.4 is 5.32 Å². The number of nitrogens with one attached hydrogen (secondary N) is 1. The molecule has 11 heteroatoms. The highest BCUT2D eigenvalue weighted by Crippen LogP contribution is 2.39. The summed E-state index contributed by atoms with van der Waals surface area (Å²) in [5.74, 6) is -0.383. The molecule has 0 saturated carbocycles. The summed E-state index contributed by atoms with van der Waals surface area (Å²) in [7, 11) is -3.67. The molecule has 0 bridgehead atoms. The van der Waals surface area contributed by atoms with E-state index >= 15 is 0 Å². The molecule has 5 rings (SSSR count). The maximum Gasteiger partial charge on any atom is 0.257 e. The number of hydrogen-bond acceptors (Lipinski definition) is 6. The first-order chi connectivity index (χ1) is 16.3. The molecule has 1 N–H and O–H groups in total. The molecule has 0 fully saturated rings. The Labute approximate surface area is 214 Å². The third-order valence-corrected chi connectivity index (χ3v) is 9.61. The van der Waals surface area contributed by atoms with Gasteiger partial charge in [0.15, 0.2) is 5.13 Å². The fraction of sp³-hybridized carbons (Fsp3) is 0.130. The minimum Gasteiger partial charge on any atom is -0.298 e. The molecule has 2 aromatic carbocycles. The number of hydrogen-bond donors (Lipinski definition) is 1. The number of nitrogens with zero attached hydrogens (tertiary/aromatic N) is 2. The average molecular weight is 551 g/mol. The summed E-state index contributed by atoms with van der Waals surface area (Å²) in [6.45, 7) is 0.764. The van der Waals surface area contributed by atoms with Crippen LogP contribution in [-0.2, 0) is 23.0 Å². The Bertz CT molecular complexity index is 1480. The molecule has 0 spiro atoms. The van der Waals surface area contributed by atoms with Crippen molar-refractivity contribution in [3.63, 3.8) is 0 Å². The standard InChI is InChI=1S/C23H17Cl2N3O3S3/c24-20-11-18(21(25)33-20)19-13-32-23(26-19)27-22(29)15-5-7-17(8-6-15)34(30,31)28-10-9-14-3-1-2-4-16(14)12-28/h1-8,11,13H,9-10,12H2,(H,26,27,29). The molecule has 34 heavy (non-hydrogen) atoms. The van der Waals surface area contributed by atoms with Gasteiger partial charge in [0.25, 0.3) is 5.91 Å². The topological polar surface area (TPSA) is 79.4 Å². The zero-order valence-electron chi connectivity index (χ0n) is 17.5. The van der Waals surface area contributed by atoms with E-state index in [1.165, 1.54) is 56.8 Å². The number of carbonyl (C=O) groups is 1. The number of thiazole rings is 1. The third kappa shape index (κ3) is 4.64. The summed E-state index contributed by atoms with van der Waals surface area (Å²) in [6.07, 6.45) is 0.675. The van der Waals surface area contributed by atoms with Gasteiger partial charge >= 0.3 is 0 Å². The largest absolute Gasteiger partial charge is 0.298 e. The van der Waals surface area contributed by atoms with Gasteiger partial charge in [-0.05, 0) is 47.9 Å². The lowest BCUT2D eigenvalue weighted by Gasteiger charge is -2.28. The smallest absolute Gasteiger partial charge is 0.257 e. The molecule has 1 amide bonds. The number of carbonyl (C=O) groups excluding carboxylic acids is 1. The second-order valence-corrected chi connectivity index (χ2v) is 12.7. The van der Waals surface area contributed by atoms with Crippen LogP contribution in [0.15, 0.2) is 64.9 Å². The average Bonchev–Trinajstić information content (AvgIpc) is 3.43. The highest BCUT2D eigenvalue weighted by molar-refractivity contribution is 7.89. The molecule has 0 saturated heterocycles. The minimum atomic E-state index is -3.67. The van der Waals surface area contributed by atoms with Crippen LogP contribution >= 0.6 is 45.9 Å². The van der Waals surface area contributed by atoms with Crippen molar-refractivity contribution in [2.24, 2.45) is 0 Å². The first-order valence-corrected chi connectivity index (χ1v) is 14.1. The maximum absolute atomic E-state index is 13.1. The molecule has 1 aliphatic rings. The SMILES string of the molecule is O=C(Nc1nc(-c2cc(Cl)sc2Cl)cs1)c1ccc(S(=O)(=O)N2CCc3ccccc3C2)cc1. The van der Waals surface area contributed by atoms with Crippen molar-refractivity contribution < 1.29 is 13.2 Å². The number of anilines is 1. The van der Waals surface area contributed by atoms with Crippen molar-refractivity contribution in [1.82, 2.24) is 9.29 Å². The van der Waals surface area contributed by atoms with Gasteiger partial charge in [-0.25, -0.2) is 13.4 Å². The number of amides is 1. The summed E-state index contributed by atoms with van der Waals surface area (Å²) in [5.41, 5.74) is 3.86. The zero-order valence-corrected chi connectivity index (χ0v) is 21.5. The van der Waals surface area contributed by atoms with Gasteiger partial charge in [0.05, 0.1) is 14.9 Å². The second kappa shape index (κ2) is 9.41. The summed E-state index contributed by atoms with van der Waals surface area (Å²) < 4.78 is 28.8. The molecule has 1 aliphatic heterocycles. The van der Waals surface area contributed by atoms with Crippen LogP contribution in [-0.4, -0.2) is 30.2 Å². The normalized spacial score (nSPS) is 14.1. The summed E-state index contributed by atoms with van der Waals surface area (Å²) >= 11 is 14.7. The van der Waals surface area contributed by atoms with Gasteiger partial charge < -0.3 is 0 Å². The Morgan fingerprint density at radius 3 is 2.50 bits per heavy atom.